The zero-order valence-electron chi connectivity index (χ0n) is 13.7. The number of hydrogen-bond donors (Lipinski definition) is 3. The van der Waals surface area contributed by atoms with Crippen molar-refractivity contribution in [3.63, 3.8) is 0 Å². The maximum absolute atomic E-state index is 12.6. The average Bonchev–Trinajstić information content (AvgIpc) is 3.02. The number of pyridine rings is 1. The minimum atomic E-state index is -0.200. The summed E-state index contributed by atoms with van der Waals surface area (Å²) in [5, 5.41) is 22.5. The second kappa shape index (κ2) is 6.75. The van der Waals surface area contributed by atoms with E-state index in [0.717, 1.165) is 17.3 Å². The van der Waals surface area contributed by atoms with E-state index >= 15 is 0 Å². The van der Waals surface area contributed by atoms with E-state index in [9.17, 15) is 15.0 Å². The highest BCUT2D eigenvalue weighted by atomic mass is 16.5. The molecular formula is C18H22N2O4. The Kier molecular flexibility index (Phi) is 4.69. The third-order valence-electron chi connectivity index (χ3n) is 4.68. The maximum atomic E-state index is 12.6. The SMILES string of the molecule is Cc1nc2ccc(O)cc2cc1C(=O)NCC1(CCO)CCOC1. The smallest absolute Gasteiger partial charge is 0.253 e. The Hall–Kier alpha value is -2.18. The second-order valence-corrected chi connectivity index (χ2v) is 6.46. The van der Waals surface area contributed by atoms with Gasteiger partial charge in [-0.25, -0.2) is 0 Å². The van der Waals surface area contributed by atoms with E-state index in [1.807, 2.05) is 0 Å². The van der Waals surface area contributed by atoms with Gasteiger partial charge in [0.25, 0.3) is 5.91 Å². The molecule has 3 rings (SSSR count). The quantitative estimate of drug-likeness (QED) is 0.777. The third-order valence-corrected chi connectivity index (χ3v) is 4.68. The Morgan fingerprint density at radius 2 is 2.25 bits per heavy atom. The van der Waals surface area contributed by atoms with E-state index in [4.69, 9.17) is 4.74 Å². The molecule has 0 bridgehead atoms. The molecule has 1 saturated heterocycles. The fraction of sp³-hybridized carbons (Fsp3) is 0.444. The highest BCUT2D eigenvalue weighted by Gasteiger charge is 2.34. The van der Waals surface area contributed by atoms with Gasteiger partial charge >= 0.3 is 0 Å². The van der Waals surface area contributed by atoms with Crippen molar-refractivity contribution >= 4 is 16.8 Å². The molecule has 0 aliphatic carbocycles. The normalized spacial score (nSPS) is 20.4. The van der Waals surface area contributed by atoms with Crippen LogP contribution < -0.4 is 5.32 Å². The molecule has 2 aromatic rings. The number of carbonyl (C=O) groups excluding carboxylic acids is 1. The predicted octanol–water partition coefficient (Wildman–Crippen LogP) is 1.77. The first-order chi connectivity index (χ1) is 11.5. The van der Waals surface area contributed by atoms with Crippen molar-refractivity contribution in [1.82, 2.24) is 10.3 Å². The van der Waals surface area contributed by atoms with Gasteiger partial charge in [-0.15, -0.1) is 0 Å². The van der Waals surface area contributed by atoms with Crippen molar-refractivity contribution < 1.29 is 19.7 Å². The molecule has 2 heterocycles. The minimum absolute atomic E-state index is 0.0784. The summed E-state index contributed by atoms with van der Waals surface area (Å²) in [5.41, 5.74) is 1.68. The number of phenolic OH excluding ortho intramolecular Hbond substituents is 1. The molecule has 1 aliphatic rings. The Balaban J connectivity index is 1.79. The third kappa shape index (κ3) is 3.34. The molecule has 0 saturated carbocycles. The number of aliphatic hydroxyl groups excluding tert-OH is 1. The molecular weight excluding hydrogens is 308 g/mol. The van der Waals surface area contributed by atoms with Crippen molar-refractivity contribution in [2.24, 2.45) is 5.41 Å². The van der Waals surface area contributed by atoms with E-state index in [-0.39, 0.29) is 23.7 Å². The molecule has 1 aromatic carbocycles. The number of nitrogens with zero attached hydrogens (tertiary/aromatic N) is 1. The molecule has 128 valence electrons. The van der Waals surface area contributed by atoms with Crippen LogP contribution in [0.1, 0.15) is 28.9 Å². The largest absolute Gasteiger partial charge is 0.508 e. The highest BCUT2D eigenvalue weighted by Crippen LogP contribution is 2.31. The number of aromatic hydroxyl groups is 1. The van der Waals surface area contributed by atoms with Gasteiger partial charge in [0.05, 0.1) is 23.4 Å². The number of amides is 1. The van der Waals surface area contributed by atoms with Crippen LogP contribution in [0.25, 0.3) is 10.9 Å². The van der Waals surface area contributed by atoms with Gasteiger partial charge in [0.2, 0.25) is 0 Å². The van der Waals surface area contributed by atoms with Crippen LogP contribution in [0.15, 0.2) is 24.3 Å². The summed E-state index contributed by atoms with van der Waals surface area (Å²) in [6.45, 7) is 3.55. The molecule has 0 spiro atoms. The molecule has 6 nitrogen and oxygen atoms in total. The Morgan fingerprint density at radius 3 is 2.96 bits per heavy atom. The minimum Gasteiger partial charge on any atom is -0.508 e. The number of phenols is 1. The molecule has 3 N–H and O–H groups in total. The summed E-state index contributed by atoms with van der Waals surface area (Å²) < 4.78 is 5.44. The van der Waals surface area contributed by atoms with E-state index in [1.165, 1.54) is 0 Å². The van der Waals surface area contributed by atoms with Gasteiger partial charge < -0.3 is 20.3 Å². The van der Waals surface area contributed by atoms with E-state index in [1.54, 1.807) is 31.2 Å². The molecule has 6 heteroatoms. The standard InChI is InChI=1S/C18H22N2O4/c1-12-15(9-13-8-14(22)2-3-16(13)20-12)17(23)19-10-18(4-6-21)5-7-24-11-18/h2-3,8-9,21-22H,4-7,10-11H2,1H3,(H,19,23). The number of benzene rings is 1. The highest BCUT2D eigenvalue weighted by molar-refractivity contribution is 5.98. The monoisotopic (exact) mass is 330 g/mol. The number of hydrogen-bond acceptors (Lipinski definition) is 5. The number of carbonyl (C=O) groups is 1. The molecule has 0 radical (unpaired) electrons. The van der Waals surface area contributed by atoms with Crippen LogP contribution in [-0.4, -0.2) is 47.5 Å². The van der Waals surface area contributed by atoms with Crippen molar-refractivity contribution in [3.05, 3.63) is 35.5 Å². The van der Waals surface area contributed by atoms with Gasteiger partial charge in [0, 0.05) is 30.6 Å². The fourth-order valence-corrected chi connectivity index (χ4v) is 3.16. The lowest BCUT2D eigenvalue weighted by atomic mass is 9.84. The van der Waals surface area contributed by atoms with Crippen LogP contribution in [0, 0.1) is 12.3 Å². The fourth-order valence-electron chi connectivity index (χ4n) is 3.16. The number of aliphatic hydroxyl groups is 1. The zero-order valence-corrected chi connectivity index (χ0v) is 13.7. The van der Waals surface area contributed by atoms with Crippen molar-refractivity contribution in [3.8, 4) is 5.75 Å². The lowest BCUT2D eigenvalue weighted by Gasteiger charge is -2.26. The summed E-state index contributed by atoms with van der Waals surface area (Å²) in [7, 11) is 0. The number of ether oxygens (including phenoxy) is 1. The first-order valence-electron chi connectivity index (χ1n) is 8.10. The Morgan fingerprint density at radius 1 is 1.42 bits per heavy atom. The lowest BCUT2D eigenvalue weighted by Crippen LogP contribution is -2.39. The van der Waals surface area contributed by atoms with Crippen LogP contribution >= 0.6 is 0 Å². The molecule has 1 unspecified atom stereocenters. The number of aryl methyl sites for hydroxylation is 1. The first-order valence-corrected chi connectivity index (χ1v) is 8.10. The Labute approximate surface area is 140 Å². The van der Waals surface area contributed by atoms with Gasteiger partial charge in [-0.3, -0.25) is 9.78 Å². The van der Waals surface area contributed by atoms with Crippen molar-refractivity contribution in [2.75, 3.05) is 26.4 Å². The van der Waals surface area contributed by atoms with Crippen molar-refractivity contribution in [2.45, 2.75) is 19.8 Å². The molecule has 1 amide bonds. The first kappa shape index (κ1) is 16.7. The summed E-state index contributed by atoms with van der Waals surface area (Å²) in [6, 6.07) is 6.64. The van der Waals surface area contributed by atoms with Crippen LogP contribution in [0.5, 0.6) is 5.75 Å². The van der Waals surface area contributed by atoms with Crippen LogP contribution in [-0.2, 0) is 4.74 Å². The number of rotatable bonds is 5. The Bertz CT molecular complexity index is 754. The van der Waals surface area contributed by atoms with Gasteiger partial charge in [0.1, 0.15) is 5.75 Å². The van der Waals surface area contributed by atoms with E-state index in [2.05, 4.69) is 10.3 Å². The van der Waals surface area contributed by atoms with Gasteiger partial charge in [0.15, 0.2) is 0 Å². The molecule has 1 fully saturated rings. The average molecular weight is 330 g/mol. The van der Waals surface area contributed by atoms with Gasteiger partial charge in [-0.1, -0.05) is 0 Å². The van der Waals surface area contributed by atoms with E-state index in [0.29, 0.717) is 37.4 Å². The van der Waals surface area contributed by atoms with Crippen molar-refractivity contribution in [1.29, 1.82) is 0 Å². The summed E-state index contributed by atoms with van der Waals surface area (Å²) in [4.78, 5) is 17.0. The zero-order chi connectivity index (χ0) is 17.2. The number of fused-ring (bicyclic) bond motifs is 1. The van der Waals surface area contributed by atoms with Gasteiger partial charge in [-0.2, -0.15) is 0 Å². The summed E-state index contributed by atoms with van der Waals surface area (Å²) >= 11 is 0. The van der Waals surface area contributed by atoms with Gasteiger partial charge in [-0.05, 0) is 44.0 Å². The van der Waals surface area contributed by atoms with E-state index < -0.39 is 0 Å². The summed E-state index contributed by atoms with van der Waals surface area (Å²) in [5.74, 6) is -0.0565. The lowest BCUT2D eigenvalue weighted by molar-refractivity contribution is 0.0888. The number of aromatic nitrogens is 1. The molecule has 24 heavy (non-hydrogen) atoms. The van der Waals surface area contributed by atoms with Crippen LogP contribution in [0.4, 0.5) is 0 Å². The second-order valence-electron chi connectivity index (χ2n) is 6.46. The van der Waals surface area contributed by atoms with Crippen LogP contribution in [0.3, 0.4) is 0 Å². The maximum Gasteiger partial charge on any atom is 0.253 e. The number of nitrogens with one attached hydrogen (secondary N) is 1. The van der Waals surface area contributed by atoms with Crippen LogP contribution in [0.2, 0.25) is 0 Å². The summed E-state index contributed by atoms with van der Waals surface area (Å²) in [6.07, 6.45) is 1.44. The molecule has 1 atom stereocenters. The molecule has 1 aromatic heterocycles. The predicted molar refractivity (Wildman–Crippen MR) is 90.0 cm³/mol. The molecule has 1 aliphatic heterocycles. The topological polar surface area (TPSA) is 91.7 Å².